The third kappa shape index (κ3) is 5.09. The first-order chi connectivity index (χ1) is 8.51. The summed E-state index contributed by atoms with van der Waals surface area (Å²) in [6.07, 6.45) is -0.382. The van der Waals surface area contributed by atoms with Crippen molar-refractivity contribution in [2.45, 2.75) is 33.3 Å². The second-order valence-corrected chi connectivity index (χ2v) is 4.00. The first kappa shape index (κ1) is 14.4. The minimum absolute atomic E-state index is 0.0239. The average molecular weight is 253 g/mol. The number of nitrogens with one attached hydrogen (secondary N) is 1. The minimum Gasteiger partial charge on any atom is -0.481 e. The second-order valence-electron chi connectivity index (χ2n) is 4.00. The van der Waals surface area contributed by atoms with Gasteiger partial charge in [0.05, 0.1) is 12.5 Å². The van der Waals surface area contributed by atoms with Crippen LogP contribution in [0.1, 0.15) is 24.9 Å². The van der Waals surface area contributed by atoms with Crippen molar-refractivity contribution in [3.05, 3.63) is 17.6 Å². The first-order valence-electron chi connectivity index (χ1n) is 5.90. The van der Waals surface area contributed by atoms with E-state index in [0.717, 1.165) is 5.69 Å². The third-order valence-electron chi connectivity index (χ3n) is 2.28. The number of rotatable bonds is 7. The molecule has 0 saturated carbocycles. The van der Waals surface area contributed by atoms with E-state index in [1.165, 1.54) is 0 Å². The molecule has 0 saturated heterocycles. The van der Waals surface area contributed by atoms with Crippen LogP contribution in [0.15, 0.2) is 6.07 Å². The zero-order valence-corrected chi connectivity index (χ0v) is 10.9. The van der Waals surface area contributed by atoms with Crippen LogP contribution >= 0.6 is 0 Å². The van der Waals surface area contributed by atoms with Gasteiger partial charge in [-0.05, 0) is 20.8 Å². The smallest absolute Gasteiger partial charge is 0.306 e. The Morgan fingerprint density at radius 2 is 2.22 bits per heavy atom. The normalized spacial score (nSPS) is 12.2. The van der Waals surface area contributed by atoms with Crippen molar-refractivity contribution in [3.8, 4) is 0 Å². The molecule has 0 aliphatic heterocycles. The molecule has 0 amide bonds. The van der Waals surface area contributed by atoms with E-state index in [1.54, 1.807) is 0 Å². The molecule has 0 fully saturated rings. The summed E-state index contributed by atoms with van der Waals surface area (Å²) in [5.41, 5.74) is 0.871. The van der Waals surface area contributed by atoms with E-state index in [-0.39, 0.29) is 12.5 Å². The Kier molecular flexibility index (Phi) is 5.51. The quantitative estimate of drug-likeness (QED) is 0.763. The van der Waals surface area contributed by atoms with Crippen LogP contribution in [0.3, 0.4) is 0 Å². The highest BCUT2D eigenvalue weighted by Crippen LogP contribution is 2.07. The number of aromatic nitrogens is 2. The van der Waals surface area contributed by atoms with Crippen LogP contribution in [-0.2, 0) is 9.53 Å². The molecule has 0 bridgehead atoms. The Morgan fingerprint density at radius 3 is 2.78 bits per heavy atom. The van der Waals surface area contributed by atoms with E-state index in [0.29, 0.717) is 24.8 Å². The van der Waals surface area contributed by atoms with Crippen molar-refractivity contribution in [2.75, 3.05) is 18.5 Å². The highest BCUT2D eigenvalue weighted by molar-refractivity contribution is 5.67. The van der Waals surface area contributed by atoms with E-state index < -0.39 is 5.97 Å². The van der Waals surface area contributed by atoms with E-state index in [9.17, 15) is 4.79 Å². The molecule has 1 heterocycles. The Balaban J connectivity index is 2.57. The maximum atomic E-state index is 10.7. The second kappa shape index (κ2) is 6.90. The van der Waals surface area contributed by atoms with Crippen LogP contribution in [0.4, 0.5) is 5.82 Å². The summed E-state index contributed by atoms with van der Waals surface area (Å²) in [6, 6.07) is 1.82. The highest BCUT2D eigenvalue weighted by atomic mass is 16.5. The zero-order chi connectivity index (χ0) is 13.5. The lowest BCUT2D eigenvalue weighted by Gasteiger charge is -2.16. The minimum atomic E-state index is -0.870. The standard InChI is InChI=1S/C12H19N3O3/c1-4-18-10(6-12(16)17)7-13-11-5-8(2)14-9(3)15-11/h5,10H,4,6-7H2,1-3H3,(H,16,17)(H,13,14,15). The SMILES string of the molecule is CCOC(CNc1cc(C)nc(C)n1)CC(=O)O. The summed E-state index contributed by atoms with van der Waals surface area (Å²) in [6.45, 7) is 6.44. The van der Waals surface area contributed by atoms with E-state index in [2.05, 4.69) is 15.3 Å². The van der Waals surface area contributed by atoms with Crippen molar-refractivity contribution in [2.24, 2.45) is 0 Å². The number of carbonyl (C=O) groups is 1. The molecule has 6 heteroatoms. The van der Waals surface area contributed by atoms with Crippen LogP contribution in [0.2, 0.25) is 0 Å². The van der Waals surface area contributed by atoms with Gasteiger partial charge in [0.25, 0.3) is 0 Å². The molecule has 0 aliphatic carbocycles. The molecule has 18 heavy (non-hydrogen) atoms. The zero-order valence-electron chi connectivity index (χ0n) is 10.9. The van der Waals surface area contributed by atoms with Crippen molar-refractivity contribution in [3.63, 3.8) is 0 Å². The van der Waals surface area contributed by atoms with Gasteiger partial charge >= 0.3 is 5.97 Å². The number of anilines is 1. The molecule has 2 N–H and O–H groups in total. The predicted octanol–water partition coefficient (Wildman–Crippen LogP) is 1.39. The molecular weight excluding hydrogens is 234 g/mol. The van der Waals surface area contributed by atoms with Gasteiger partial charge in [-0.1, -0.05) is 0 Å². The molecule has 6 nitrogen and oxygen atoms in total. The van der Waals surface area contributed by atoms with Crippen LogP contribution in [0.25, 0.3) is 0 Å². The third-order valence-corrected chi connectivity index (χ3v) is 2.28. The molecule has 0 aliphatic rings. The lowest BCUT2D eigenvalue weighted by Crippen LogP contribution is -2.26. The molecule has 1 rings (SSSR count). The number of aryl methyl sites for hydroxylation is 2. The Bertz CT molecular complexity index is 389. The van der Waals surface area contributed by atoms with Crippen LogP contribution in [0.5, 0.6) is 0 Å². The van der Waals surface area contributed by atoms with Gasteiger partial charge in [-0.15, -0.1) is 0 Å². The van der Waals surface area contributed by atoms with Gasteiger partial charge in [-0.25, -0.2) is 9.97 Å². The summed E-state index contributed by atoms with van der Waals surface area (Å²) in [4.78, 5) is 19.1. The number of ether oxygens (including phenoxy) is 1. The summed E-state index contributed by atoms with van der Waals surface area (Å²) >= 11 is 0. The topological polar surface area (TPSA) is 84.3 Å². The van der Waals surface area contributed by atoms with E-state index >= 15 is 0 Å². The number of hydrogen-bond donors (Lipinski definition) is 2. The molecule has 0 aromatic carbocycles. The monoisotopic (exact) mass is 253 g/mol. The first-order valence-corrected chi connectivity index (χ1v) is 5.90. The lowest BCUT2D eigenvalue weighted by atomic mass is 10.2. The Labute approximate surface area is 106 Å². The van der Waals surface area contributed by atoms with Crippen LogP contribution in [-0.4, -0.2) is 40.3 Å². The van der Waals surface area contributed by atoms with Crippen molar-refractivity contribution >= 4 is 11.8 Å². The molecule has 0 spiro atoms. The van der Waals surface area contributed by atoms with Gasteiger partial charge in [0.15, 0.2) is 0 Å². The maximum Gasteiger partial charge on any atom is 0.306 e. The number of nitrogens with zero attached hydrogens (tertiary/aromatic N) is 2. The maximum absolute atomic E-state index is 10.7. The lowest BCUT2D eigenvalue weighted by molar-refractivity contribution is -0.139. The number of aliphatic carboxylic acids is 1. The van der Waals surface area contributed by atoms with Crippen molar-refractivity contribution in [1.82, 2.24) is 9.97 Å². The molecular formula is C12H19N3O3. The number of hydrogen-bond acceptors (Lipinski definition) is 5. The van der Waals surface area contributed by atoms with Gasteiger partial charge in [0.1, 0.15) is 11.6 Å². The van der Waals surface area contributed by atoms with Crippen molar-refractivity contribution < 1.29 is 14.6 Å². The summed E-state index contributed by atoms with van der Waals surface area (Å²) < 4.78 is 5.35. The summed E-state index contributed by atoms with van der Waals surface area (Å²) in [5.74, 6) is 0.504. The van der Waals surface area contributed by atoms with Gasteiger partial charge < -0.3 is 15.2 Å². The van der Waals surface area contributed by atoms with Crippen LogP contribution < -0.4 is 5.32 Å². The fourth-order valence-electron chi connectivity index (χ4n) is 1.65. The fourth-order valence-corrected chi connectivity index (χ4v) is 1.65. The molecule has 100 valence electrons. The predicted molar refractivity (Wildman–Crippen MR) is 67.7 cm³/mol. The summed E-state index contributed by atoms with van der Waals surface area (Å²) in [7, 11) is 0. The molecule has 1 aromatic heterocycles. The number of carboxylic acids is 1. The van der Waals surface area contributed by atoms with Gasteiger partial charge in [-0.3, -0.25) is 4.79 Å². The summed E-state index contributed by atoms with van der Waals surface area (Å²) in [5, 5.41) is 11.8. The van der Waals surface area contributed by atoms with Crippen LogP contribution in [0, 0.1) is 13.8 Å². The molecule has 1 unspecified atom stereocenters. The highest BCUT2D eigenvalue weighted by Gasteiger charge is 2.13. The largest absolute Gasteiger partial charge is 0.481 e. The van der Waals surface area contributed by atoms with E-state index in [4.69, 9.17) is 9.84 Å². The molecule has 1 atom stereocenters. The molecule has 0 radical (unpaired) electrons. The van der Waals surface area contributed by atoms with Gasteiger partial charge in [-0.2, -0.15) is 0 Å². The Hall–Kier alpha value is -1.69. The van der Waals surface area contributed by atoms with Crippen molar-refractivity contribution in [1.29, 1.82) is 0 Å². The molecule has 1 aromatic rings. The van der Waals surface area contributed by atoms with Gasteiger partial charge in [0, 0.05) is 24.9 Å². The fraction of sp³-hybridized carbons (Fsp3) is 0.583. The Morgan fingerprint density at radius 1 is 1.50 bits per heavy atom. The average Bonchev–Trinajstić information content (AvgIpc) is 2.24. The number of carboxylic acid groups (broad SMARTS) is 1. The van der Waals surface area contributed by atoms with Gasteiger partial charge in [0.2, 0.25) is 0 Å². The van der Waals surface area contributed by atoms with E-state index in [1.807, 2.05) is 26.8 Å².